The molecule has 0 aliphatic carbocycles. The lowest BCUT2D eigenvalue weighted by molar-refractivity contribution is -0.117. The SMILES string of the molecule is CCC[C@H](N)C(=O)Nc1cccnc1OC. The Hall–Kier alpha value is -1.62. The maximum atomic E-state index is 11.7. The molecule has 1 aromatic heterocycles. The van der Waals surface area contributed by atoms with Crippen molar-refractivity contribution in [2.45, 2.75) is 25.8 Å². The molecule has 1 heterocycles. The number of pyridine rings is 1. The fourth-order valence-electron chi connectivity index (χ4n) is 1.32. The summed E-state index contributed by atoms with van der Waals surface area (Å²) in [6.07, 6.45) is 3.13. The summed E-state index contributed by atoms with van der Waals surface area (Å²) in [4.78, 5) is 15.6. The highest BCUT2D eigenvalue weighted by Gasteiger charge is 2.14. The molecule has 1 aromatic rings. The van der Waals surface area contributed by atoms with Gasteiger partial charge in [0.2, 0.25) is 11.8 Å². The van der Waals surface area contributed by atoms with Crippen LogP contribution >= 0.6 is 0 Å². The average Bonchev–Trinajstić information content (AvgIpc) is 2.30. The van der Waals surface area contributed by atoms with E-state index in [1.807, 2.05) is 6.92 Å². The van der Waals surface area contributed by atoms with Gasteiger partial charge in [0.05, 0.1) is 13.2 Å². The van der Waals surface area contributed by atoms with Crippen LogP contribution in [0.3, 0.4) is 0 Å². The van der Waals surface area contributed by atoms with E-state index in [9.17, 15) is 4.79 Å². The fourth-order valence-corrected chi connectivity index (χ4v) is 1.32. The molecule has 0 aliphatic heterocycles. The van der Waals surface area contributed by atoms with Gasteiger partial charge in [-0.05, 0) is 18.6 Å². The summed E-state index contributed by atoms with van der Waals surface area (Å²) in [6, 6.07) is 2.96. The Labute approximate surface area is 95.0 Å². The van der Waals surface area contributed by atoms with Gasteiger partial charge in [-0.2, -0.15) is 0 Å². The zero-order chi connectivity index (χ0) is 12.0. The molecule has 0 saturated heterocycles. The average molecular weight is 223 g/mol. The van der Waals surface area contributed by atoms with Crippen molar-refractivity contribution in [2.24, 2.45) is 5.73 Å². The van der Waals surface area contributed by atoms with E-state index in [0.717, 1.165) is 6.42 Å². The molecule has 0 aromatic carbocycles. The van der Waals surface area contributed by atoms with Crippen LogP contribution in [0, 0.1) is 0 Å². The van der Waals surface area contributed by atoms with Crippen LogP contribution in [-0.4, -0.2) is 24.0 Å². The maximum Gasteiger partial charge on any atom is 0.241 e. The second-order valence-electron chi connectivity index (χ2n) is 3.44. The van der Waals surface area contributed by atoms with E-state index in [-0.39, 0.29) is 5.91 Å². The standard InChI is InChI=1S/C11H17N3O2/c1-3-5-8(12)10(15)14-9-6-4-7-13-11(9)16-2/h4,6-8H,3,5,12H2,1-2H3,(H,14,15)/t8-/m0/s1. The molecule has 0 radical (unpaired) electrons. The van der Waals surface area contributed by atoms with Gasteiger partial charge in [-0.25, -0.2) is 4.98 Å². The molecule has 0 bridgehead atoms. The first-order valence-corrected chi connectivity index (χ1v) is 5.24. The van der Waals surface area contributed by atoms with Crippen molar-refractivity contribution >= 4 is 11.6 Å². The third-order valence-corrected chi connectivity index (χ3v) is 2.16. The molecule has 0 fully saturated rings. The lowest BCUT2D eigenvalue weighted by atomic mass is 10.1. The summed E-state index contributed by atoms with van der Waals surface area (Å²) >= 11 is 0. The number of methoxy groups -OCH3 is 1. The second-order valence-corrected chi connectivity index (χ2v) is 3.44. The van der Waals surface area contributed by atoms with Crippen molar-refractivity contribution in [2.75, 3.05) is 12.4 Å². The van der Waals surface area contributed by atoms with E-state index >= 15 is 0 Å². The van der Waals surface area contributed by atoms with Crippen LogP contribution in [0.4, 0.5) is 5.69 Å². The zero-order valence-electron chi connectivity index (χ0n) is 9.56. The molecule has 0 saturated carbocycles. The molecule has 0 unspecified atom stereocenters. The number of hydrogen-bond donors (Lipinski definition) is 2. The quantitative estimate of drug-likeness (QED) is 0.785. The Bertz CT molecular complexity index is 355. The van der Waals surface area contributed by atoms with Crippen LogP contribution in [-0.2, 0) is 4.79 Å². The van der Waals surface area contributed by atoms with E-state index in [1.54, 1.807) is 18.3 Å². The van der Waals surface area contributed by atoms with Gasteiger partial charge >= 0.3 is 0 Å². The normalized spacial score (nSPS) is 11.9. The fraction of sp³-hybridized carbons (Fsp3) is 0.455. The highest BCUT2D eigenvalue weighted by Crippen LogP contribution is 2.19. The van der Waals surface area contributed by atoms with Crippen molar-refractivity contribution in [1.82, 2.24) is 4.98 Å². The Morgan fingerprint density at radius 3 is 3.06 bits per heavy atom. The summed E-state index contributed by atoms with van der Waals surface area (Å²) in [5.41, 5.74) is 6.24. The topological polar surface area (TPSA) is 77.2 Å². The largest absolute Gasteiger partial charge is 0.480 e. The minimum atomic E-state index is -0.491. The molecule has 1 rings (SSSR count). The number of rotatable bonds is 5. The van der Waals surface area contributed by atoms with Crippen LogP contribution in [0.1, 0.15) is 19.8 Å². The van der Waals surface area contributed by atoms with Crippen LogP contribution in [0.5, 0.6) is 5.88 Å². The van der Waals surface area contributed by atoms with Gasteiger partial charge in [0.15, 0.2) is 0 Å². The highest BCUT2D eigenvalue weighted by molar-refractivity contribution is 5.95. The third-order valence-electron chi connectivity index (χ3n) is 2.16. The molecule has 0 spiro atoms. The van der Waals surface area contributed by atoms with Crippen LogP contribution in [0.2, 0.25) is 0 Å². The predicted octanol–water partition coefficient (Wildman–Crippen LogP) is 1.16. The van der Waals surface area contributed by atoms with Crippen LogP contribution in [0.25, 0.3) is 0 Å². The van der Waals surface area contributed by atoms with Gasteiger partial charge in [0.1, 0.15) is 5.69 Å². The number of nitrogens with zero attached hydrogens (tertiary/aromatic N) is 1. The lowest BCUT2D eigenvalue weighted by Crippen LogP contribution is -2.35. The number of carbonyl (C=O) groups excluding carboxylic acids is 1. The number of anilines is 1. The lowest BCUT2D eigenvalue weighted by Gasteiger charge is -2.12. The predicted molar refractivity (Wildman–Crippen MR) is 62.3 cm³/mol. The molecule has 16 heavy (non-hydrogen) atoms. The van der Waals surface area contributed by atoms with Crippen molar-refractivity contribution in [3.8, 4) is 5.88 Å². The zero-order valence-corrected chi connectivity index (χ0v) is 9.56. The Kier molecular flexibility index (Phi) is 4.72. The number of aromatic nitrogens is 1. The Balaban J connectivity index is 2.69. The number of carbonyl (C=O) groups is 1. The summed E-state index contributed by atoms with van der Waals surface area (Å²) < 4.78 is 5.02. The first-order valence-electron chi connectivity index (χ1n) is 5.24. The number of hydrogen-bond acceptors (Lipinski definition) is 4. The monoisotopic (exact) mass is 223 g/mol. The van der Waals surface area contributed by atoms with Crippen LogP contribution < -0.4 is 15.8 Å². The molecular weight excluding hydrogens is 206 g/mol. The van der Waals surface area contributed by atoms with E-state index in [2.05, 4.69) is 10.3 Å². The molecule has 3 N–H and O–H groups in total. The Morgan fingerprint density at radius 2 is 2.44 bits per heavy atom. The van der Waals surface area contributed by atoms with E-state index in [1.165, 1.54) is 7.11 Å². The summed E-state index contributed by atoms with van der Waals surface area (Å²) in [5.74, 6) is 0.174. The van der Waals surface area contributed by atoms with Crippen LogP contribution in [0.15, 0.2) is 18.3 Å². The molecule has 1 atom stereocenters. The van der Waals surface area contributed by atoms with Gasteiger partial charge in [-0.3, -0.25) is 4.79 Å². The van der Waals surface area contributed by atoms with Crippen molar-refractivity contribution < 1.29 is 9.53 Å². The molecular formula is C11H17N3O2. The van der Waals surface area contributed by atoms with Gasteiger partial charge in [0, 0.05) is 6.20 Å². The van der Waals surface area contributed by atoms with E-state index < -0.39 is 6.04 Å². The molecule has 5 nitrogen and oxygen atoms in total. The molecule has 0 aliphatic rings. The first-order chi connectivity index (χ1) is 7.69. The summed E-state index contributed by atoms with van der Waals surface area (Å²) in [7, 11) is 1.50. The van der Waals surface area contributed by atoms with Gasteiger partial charge < -0.3 is 15.8 Å². The van der Waals surface area contributed by atoms with Gasteiger partial charge in [-0.1, -0.05) is 13.3 Å². The van der Waals surface area contributed by atoms with Crippen molar-refractivity contribution in [3.63, 3.8) is 0 Å². The van der Waals surface area contributed by atoms with Crippen molar-refractivity contribution in [3.05, 3.63) is 18.3 Å². The number of amides is 1. The third kappa shape index (κ3) is 3.20. The maximum absolute atomic E-state index is 11.7. The van der Waals surface area contributed by atoms with E-state index in [0.29, 0.717) is 18.0 Å². The smallest absolute Gasteiger partial charge is 0.241 e. The summed E-state index contributed by atoms with van der Waals surface area (Å²) in [6.45, 7) is 1.98. The minimum absolute atomic E-state index is 0.215. The van der Waals surface area contributed by atoms with E-state index in [4.69, 9.17) is 10.5 Å². The minimum Gasteiger partial charge on any atom is -0.480 e. The Morgan fingerprint density at radius 1 is 1.69 bits per heavy atom. The van der Waals surface area contributed by atoms with Crippen molar-refractivity contribution in [1.29, 1.82) is 0 Å². The first kappa shape index (κ1) is 12.4. The highest BCUT2D eigenvalue weighted by atomic mass is 16.5. The second kappa shape index (κ2) is 6.07. The number of nitrogens with two attached hydrogens (primary N) is 1. The summed E-state index contributed by atoms with van der Waals surface area (Å²) in [5, 5.41) is 2.69. The molecule has 1 amide bonds. The van der Waals surface area contributed by atoms with Gasteiger partial charge in [-0.15, -0.1) is 0 Å². The number of ether oxygens (including phenoxy) is 1. The number of nitrogens with one attached hydrogen (secondary N) is 1. The van der Waals surface area contributed by atoms with Gasteiger partial charge in [0.25, 0.3) is 0 Å². The molecule has 5 heteroatoms. The molecule has 88 valence electrons.